The Morgan fingerprint density at radius 2 is 2.00 bits per heavy atom. The fourth-order valence-electron chi connectivity index (χ4n) is 1.68. The number of methoxy groups -OCH3 is 2. The molecular weight excluding hydrogens is 244 g/mol. The monoisotopic (exact) mass is 266 g/mol. The van der Waals surface area contributed by atoms with Crippen LogP contribution >= 0.6 is 0 Å². The van der Waals surface area contributed by atoms with E-state index in [1.807, 2.05) is 25.1 Å². The van der Waals surface area contributed by atoms with Crippen molar-refractivity contribution in [2.24, 2.45) is 0 Å². The Kier molecular flexibility index (Phi) is 5.63. The van der Waals surface area contributed by atoms with Gasteiger partial charge in [-0.3, -0.25) is 4.79 Å². The van der Waals surface area contributed by atoms with Crippen LogP contribution in [0.25, 0.3) is 0 Å². The average Bonchev–Trinajstić information content (AvgIpc) is 2.43. The van der Waals surface area contributed by atoms with Crippen molar-refractivity contribution in [3.8, 4) is 11.5 Å². The van der Waals surface area contributed by atoms with E-state index in [0.29, 0.717) is 6.54 Å². The molecule has 0 saturated carbocycles. The molecule has 106 valence electrons. The number of carbonyl (C=O) groups excluding carboxylic acids is 1. The normalized spacial score (nSPS) is 11.8. The van der Waals surface area contributed by atoms with Gasteiger partial charge >= 0.3 is 0 Å². The Morgan fingerprint density at radius 3 is 2.53 bits per heavy atom. The SMILES string of the molecule is COc1ccc(C(C)NCC(=O)N(C)C)c(OC)c1. The second-order valence-electron chi connectivity index (χ2n) is 4.50. The average molecular weight is 266 g/mol. The lowest BCUT2D eigenvalue weighted by atomic mass is 10.1. The highest BCUT2D eigenvalue weighted by Gasteiger charge is 2.13. The number of benzene rings is 1. The molecule has 0 saturated heterocycles. The molecule has 1 atom stereocenters. The highest BCUT2D eigenvalue weighted by atomic mass is 16.5. The highest BCUT2D eigenvalue weighted by molar-refractivity contribution is 5.77. The molecule has 5 nitrogen and oxygen atoms in total. The molecule has 1 unspecified atom stereocenters. The van der Waals surface area contributed by atoms with Crippen LogP contribution in [0, 0.1) is 0 Å². The third kappa shape index (κ3) is 4.13. The van der Waals surface area contributed by atoms with Gasteiger partial charge < -0.3 is 19.7 Å². The van der Waals surface area contributed by atoms with E-state index in [0.717, 1.165) is 17.1 Å². The van der Waals surface area contributed by atoms with Crippen LogP contribution in [0.1, 0.15) is 18.5 Å². The minimum atomic E-state index is 0.0183. The number of carbonyl (C=O) groups is 1. The number of nitrogens with one attached hydrogen (secondary N) is 1. The molecule has 0 fully saturated rings. The second-order valence-corrected chi connectivity index (χ2v) is 4.50. The van der Waals surface area contributed by atoms with Crippen LogP contribution in [0.3, 0.4) is 0 Å². The Balaban J connectivity index is 2.76. The molecule has 1 N–H and O–H groups in total. The Hall–Kier alpha value is -1.75. The summed E-state index contributed by atoms with van der Waals surface area (Å²) < 4.78 is 10.5. The molecule has 0 spiro atoms. The predicted octanol–water partition coefficient (Wildman–Crippen LogP) is 1.44. The fourth-order valence-corrected chi connectivity index (χ4v) is 1.68. The van der Waals surface area contributed by atoms with E-state index in [2.05, 4.69) is 5.32 Å². The third-order valence-corrected chi connectivity index (χ3v) is 2.97. The molecular formula is C14H22N2O3. The van der Waals surface area contributed by atoms with E-state index in [9.17, 15) is 4.79 Å². The summed E-state index contributed by atoms with van der Waals surface area (Å²) >= 11 is 0. The third-order valence-electron chi connectivity index (χ3n) is 2.97. The summed E-state index contributed by atoms with van der Waals surface area (Å²) in [6.45, 7) is 2.29. The van der Waals surface area contributed by atoms with Gasteiger partial charge in [0, 0.05) is 31.8 Å². The van der Waals surface area contributed by atoms with Gasteiger partial charge in [0.15, 0.2) is 0 Å². The van der Waals surface area contributed by atoms with E-state index in [-0.39, 0.29) is 11.9 Å². The Labute approximate surface area is 114 Å². The van der Waals surface area contributed by atoms with Gasteiger partial charge in [0.1, 0.15) is 11.5 Å². The van der Waals surface area contributed by atoms with Gasteiger partial charge in [-0.15, -0.1) is 0 Å². The largest absolute Gasteiger partial charge is 0.497 e. The minimum Gasteiger partial charge on any atom is -0.497 e. The predicted molar refractivity (Wildman–Crippen MR) is 74.7 cm³/mol. The summed E-state index contributed by atoms with van der Waals surface area (Å²) in [5.41, 5.74) is 0.995. The number of nitrogens with zero attached hydrogens (tertiary/aromatic N) is 1. The molecule has 19 heavy (non-hydrogen) atoms. The molecule has 1 rings (SSSR count). The van der Waals surface area contributed by atoms with Crippen molar-refractivity contribution in [2.75, 3.05) is 34.9 Å². The van der Waals surface area contributed by atoms with E-state index < -0.39 is 0 Å². The molecule has 1 amide bonds. The van der Waals surface area contributed by atoms with Crippen LogP contribution in [0.4, 0.5) is 0 Å². The van der Waals surface area contributed by atoms with Gasteiger partial charge in [-0.25, -0.2) is 0 Å². The van der Waals surface area contributed by atoms with E-state index in [4.69, 9.17) is 9.47 Å². The van der Waals surface area contributed by atoms with Gasteiger partial charge in [-0.1, -0.05) is 6.07 Å². The van der Waals surface area contributed by atoms with Crippen LogP contribution in [-0.2, 0) is 4.79 Å². The van der Waals surface area contributed by atoms with Crippen LogP contribution < -0.4 is 14.8 Å². The lowest BCUT2D eigenvalue weighted by Gasteiger charge is -2.19. The van der Waals surface area contributed by atoms with Gasteiger partial charge in [0.2, 0.25) is 5.91 Å². The summed E-state index contributed by atoms with van der Waals surface area (Å²) in [7, 11) is 6.72. The summed E-state index contributed by atoms with van der Waals surface area (Å²) in [6, 6.07) is 5.67. The van der Waals surface area contributed by atoms with Gasteiger partial charge in [-0.05, 0) is 13.0 Å². The zero-order valence-electron chi connectivity index (χ0n) is 12.2. The summed E-state index contributed by atoms with van der Waals surface area (Å²) in [4.78, 5) is 13.1. The summed E-state index contributed by atoms with van der Waals surface area (Å²) in [6.07, 6.45) is 0. The zero-order valence-corrected chi connectivity index (χ0v) is 12.2. The molecule has 1 aromatic carbocycles. The topological polar surface area (TPSA) is 50.8 Å². The molecule has 0 radical (unpaired) electrons. The van der Waals surface area contributed by atoms with Crippen LogP contribution in [0.15, 0.2) is 18.2 Å². The van der Waals surface area contributed by atoms with Gasteiger partial charge in [0.25, 0.3) is 0 Å². The van der Waals surface area contributed by atoms with Crippen molar-refractivity contribution in [1.82, 2.24) is 10.2 Å². The highest BCUT2D eigenvalue weighted by Crippen LogP contribution is 2.29. The van der Waals surface area contributed by atoms with Crippen molar-refractivity contribution in [1.29, 1.82) is 0 Å². The van der Waals surface area contributed by atoms with E-state index in [1.165, 1.54) is 0 Å². The fraction of sp³-hybridized carbons (Fsp3) is 0.500. The van der Waals surface area contributed by atoms with Gasteiger partial charge in [0.05, 0.1) is 20.8 Å². The molecule has 0 heterocycles. The number of hydrogen-bond donors (Lipinski definition) is 1. The summed E-state index contributed by atoms with van der Waals surface area (Å²) in [5.74, 6) is 1.54. The maximum absolute atomic E-state index is 11.5. The smallest absolute Gasteiger partial charge is 0.236 e. The number of hydrogen-bond acceptors (Lipinski definition) is 4. The first-order valence-electron chi connectivity index (χ1n) is 6.15. The van der Waals surface area contributed by atoms with Crippen molar-refractivity contribution in [2.45, 2.75) is 13.0 Å². The number of likely N-dealkylation sites (N-methyl/N-ethyl adjacent to an activating group) is 1. The van der Waals surface area contributed by atoms with Crippen LogP contribution in [0.2, 0.25) is 0 Å². The van der Waals surface area contributed by atoms with Crippen molar-refractivity contribution in [3.05, 3.63) is 23.8 Å². The molecule has 0 aliphatic heterocycles. The maximum atomic E-state index is 11.5. The lowest BCUT2D eigenvalue weighted by Crippen LogP contribution is -2.34. The Bertz CT molecular complexity index is 433. The first kappa shape index (κ1) is 15.3. The van der Waals surface area contributed by atoms with Crippen LogP contribution in [-0.4, -0.2) is 45.7 Å². The first-order valence-corrected chi connectivity index (χ1v) is 6.15. The zero-order chi connectivity index (χ0) is 14.4. The number of rotatable bonds is 6. The standard InChI is InChI=1S/C14H22N2O3/c1-10(15-9-14(17)16(2)3)12-7-6-11(18-4)8-13(12)19-5/h6-8,10,15H,9H2,1-5H3. The molecule has 1 aromatic rings. The maximum Gasteiger partial charge on any atom is 0.236 e. The quantitative estimate of drug-likeness (QED) is 0.846. The second kappa shape index (κ2) is 6.99. The van der Waals surface area contributed by atoms with Gasteiger partial charge in [-0.2, -0.15) is 0 Å². The number of amides is 1. The van der Waals surface area contributed by atoms with Crippen LogP contribution in [0.5, 0.6) is 11.5 Å². The minimum absolute atomic E-state index is 0.0183. The first-order chi connectivity index (χ1) is 8.99. The lowest BCUT2D eigenvalue weighted by molar-refractivity contribution is -0.127. The van der Waals surface area contributed by atoms with Crippen molar-refractivity contribution in [3.63, 3.8) is 0 Å². The van der Waals surface area contributed by atoms with Crippen molar-refractivity contribution >= 4 is 5.91 Å². The summed E-state index contributed by atoms with van der Waals surface area (Å²) in [5, 5.41) is 3.18. The molecule has 0 bridgehead atoms. The molecule has 0 aliphatic rings. The van der Waals surface area contributed by atoms with E-state index >= 15 is 0 Å². The number of ether oxygens (including phenoxy) is 2. The molecule has 5 heteroatoms. The van der Waals surface area contributed by atoms with Crippen molar-refractivity contribution < 1.29 is 14.3 Å². The molecule has 0 aromatic heterocycles. The Morgan fingerprint density at radius 1 is 1.32 bits per heavy atom. The van der Waals surface area contributed by atoms with E-state index in [1.54, 1.807) is 33.2 Å². The molecule has 0 aliphatic carbocycles.